The van der Waals surface area contributed by atoms with Gasteiger partial charge in [0.1, 0.15) is 18.0 Å². The van der Waals surface area contributed by atoms with Crippen LogP contribution in [-0.4, -0.2) is 17.0 Å². The van der Waals surface area contributed by atoms with Gasteiger partial charge in [-0.25, -0.2) is 15.8 Å². The number of anilines is 2. The van der Waals surface area contributed by atoms with Crippen LogP contribution in [0.15, 0.2) is 35.1 Å². The van der Waals surface area contributed by atoms with Gasteiger partial charge in [-0.1, -0.05) is 41.9 Å². The lowest BCUT2D eigenvalue weighted by atomic mass is 10.0. The van der Waals surface area contributed by atoms with Crippen molar-refractivity contribution < 1.29 is 0 Å². The van der Waals surface area contributed by atoms with Crippen molar-refractivity contribution in [3.8, 4) is 0 Å². The van der Waals surface area contributed by atoms with Crippen LogP contribution in [0.4, 0.5) is 11.6 Å². The number of hydrogen-bond donors (Lipinski definition) is 2. The number of benzene rings is 1. The molecule has 2 rings (SSSR count). The molecule has 0 fully saturated rings. The first-order valence-corrected chi connectivity index (χ1v) is 7.59. The van der Waals surface area contributed by atoms with Crippen molar-refractivity contribution >= 4 is 27.6 Å². The Hall–Kier alpha value is -1.66. The van der Waals surface area contributed by atoms with Gasteiger partial charge in [0, 0.05) is 23.6 Å². The van der Waals surface area contributed by atoms with E-state index < -0.39 is 0 Å². The van der Waals surface area contributed by atoms with Gasteiger partial charge >= 0.3 is 0 Å². The predicted octanol–water partition coefficient (Wildman–Crippen LogP) is 3.28. The summed E-state index contributed by atoms with van der Waals surface area (Å²) in [5.41, 5.74) is 4.91. The maximum absolute atomic E-state index is 5.56. The minimum Gasteiger partial charge on any atom is -0.355 e. The highest BCUT2D eigenvalue weighted by Gasteiger charge is 2.17. The minimum atomic E-state index is 0.277. The molecule has 3 N–H and O–H groups in total. The zero-order chi connectivity index (χ0) is 15.4. The fourth-order valence-corrected chi connectivity index (χ4v) is 2.54. The first kappa shape index (κ1) is 15.7. The summed E-state index contributed by atoms with van der Waals surface area (Å²) in [5, 5.41) is 0. The molecule has 0 bridgehead atoms. The smallest absolute Gasteiger partial charge is 0.148 e. The molecule has 0 aliphatic carbocycles. The molecule has 112 valence electrons. The van der Waals surface area contributed by atoms with E-state index in [4.69, 9.17) is 5.84 Å². The molecule has 0 unspecified atom stereocenters. The lowest BCUT2D eigenvalue weighted by Gasteiger charge is -2.24. The average molecular weight is 350 g/mol. The van der Waals surface area contributed by atoms with Gasteiger partial charge in [0.15, 0.2) is 0 Å². The molecular weight excluding hydrogens is 330 g/mol. The third kappa shape index (κ3) is 3.71. The number of hydrazine groups is 1. The van der Waals surface area contributed by atoms with Crippen molar-refractivity contribution in [3.63, 3.8) is 0 Å². The van der Waals surface area contributed by atoms with Crippen LogP contribution in [0.2, 0.25) is 0 Å². The van der Waals surface area contributed by atoms with E-state index in [0.29, 0.717) is 5.82 Å². The SMILES string of the molecule is CC(C)c1c(NN)ncnc1N(C)Cc1ccc(Br)cc1. The van der Waals surface area contributed by atoms with Crippen LogP contribution in [-0.2, 0) is 6.54 Å². The summed E-state index contributed by atoms with van der Waals surface area (Å²) < 4.78 is 1.08. The molecule has 0 saturated carbocycles. The molecule has 1 aromatic carbocycles. The van der Waals surface area contributed by atoms with E-state index in [1.165, 1.54) is 11.9 Å². The summed E-state index contributed by atoms with van der Waals surface area (Å²) in [5.74, 6) is 7.42. The maximum Gasteiger partial charge on any atom is 0.148 e. The largest absolute Gasteiger partial charge is 0.355 e. The first-order chi connectivity index (χ1) is 10.0. The second-order valence-corrected chi connectivity index (χ2v) is 6.16. The van der Waals surface area contributed by atoms with Crippen LogP contribution in [0, 0.1) is 0 Å². The number of nitrogens with zero attached hydrogens (tertiary/aromatic N) is 3. The zero-order valence-corrected chi connectivity index (χ0v) is 14.1. The van der Waals surface area contributed by atoms with Gasteiger partial charge in [0.2, 0.25) is 0 Å². The lowest BCUT2D eigenvalue weighted by molar-refractivity contribution is 0.809. The summed E-state index contributed by atoms with van der Waals surface area (Å²) >= 11 is 3.45. The van der Waals surface area contributed by atoms with Gasteiger partial charge in [0.25, 0.3) is 0 Å². The molecule has 1 aromatic heterocycles. The Labute approximate surface area is 133 Å². The Morgan fingerprint density at radius 2 is 1.90 bits per heavy atom. The van der Waals surface area contributed by atoms with Crippen molar-refractivity contribution in [1.29, 1.82) is 0 Å². The second-order valence-electron chi connectivity index (χ2n) is 5.24. The van der Waals surface area contributed by atoms with E-state index in [1.807, 2.05) is 19.2 Å². The molecule has 0 aliphatic heterocycles. The predicted molar refractivity (Wildman–Crippen MR) is 90.2 cm³/mol. The van der Waals surface area contributed by atoms with E-state index in [2.05, 4.69) is 62.2 Å². The van der Waals surface area contributed by atoms with E-state index >= 15 is 0 Å². The number of hydrogen-bond acceptors (Lipinski definition) is 5. The Bertz CT molecular complexity index is 598. The molecule has 1 heterocycles. The number of aromatic nitrogens is 2. The van der Waals surface area contributed by atoms with Crippen molar-refractivity contribution in [3.05, 3.63) is 46.2 Å². The molecule has 6 heteroatoms. The Morgan fingerprint density at radius 1 is 1.24 bits per heavy atom. The summed E-state index contributed by atoms with van der Waals surface area (Å²) in [7, 11) is 2.02. The van der Waals surface area contributed by atoms with Crippen LogP contribution in [0.1, 0.15) is 30.9 Å². The fraction of sp³-hybridized carbons (Fsp3) is 0.333. The quantitative estimate of drug-likeness (QED) is 0.640. The standard InChI is InChI=1S/C15H20BrN5/c1-10(2)13-14(20-17)18-9-19-15(13)21(3)8-11-4-6-12(16)7-5-11/h4-7,9-10H,8,17H2,1-3H3,(H,18,19,20). The third-order valence-corrected chi connectivity index (χ3v) is 3.80. The molecular formula is C15H20BrN5. The van der Waals surface area contributed by atoms with Gasteiger partial charge in [-0.2, -0.15) is 0 Å². The summed E-state index contributed by atoms with van der Waals surface area (Å²) in [6.45, 7) is 4.99. The highest BCUT2D eigenvalue weighted by molar-refractivity contribution is 9.10. The molecule has 0 atom stereocenters. The summed E-state index contributed by atoms with van der Waals surface area (Å²) in [4.78, 5) is 10.7. The monoisotopic (exact) mass is 349 g/mol. The maximum atomic E-state index is 5.56. The number of nitrogen functional groups attached to an aromatic ring is 1. The molecule has 0 radical (unpaired) electrons. The van der Waals surface area contributed by atoms with E-state index in [-0.39, 0.29) is 5.92 Å². The van der Waals surface area contributed by atoms with Crippen molar-refractivity contribution in [1.82, 2.24) is 9.97 Å². The number of halogens is 1. The summed E-state index contributed by atoms with van der Waals surface area (Å²) in [6.07, 6.45) is 1.54. The van der Waals surface area contributed by atoms with Crippen molar-refractivity contribution in [2.45, 2.75) is 26.3 Å². The van der Waals surface area contributed by atoms with Crippen LogP contribution >= 0.6 is 15.9 Å². The Kier molecular flexibility index (Phi) is 5.14. The molecule has 21 heavy (non-hydrogen) atoms. The number of nitrogens with one attached hydrogen (secondary N) is 1. The highest BCUT2D eigenvalue weighted by atomic mass is 79.9. The summed E-state index contributed by atoms with van der Waals surface area (Å²) in [6, 6.07) is 8.27. The van der Waals surface area contributed by atoms with E-state index in [9.17, 15) is 0 Å². The van der Waals surface area contributed by atoms with Crippen LogP contribution in [0.25, 0.3) is 0 Å². The number of nitrogens with two attached hydrogens (primary N) is 1. The molecule has 0 aliphatic rings. The second kappa shape index (κ2) is 6.87. The molecule has 2 aromatic rings. The topological polar surface area (TPSA) is 67.1 Å². The van der Waals surface area contributed by atoms with Crippen molar-refractivity contribution in [2.24, 2.45) is 5.84 Å². The number of rotatable bonds is 5. The van der Waals surface area contributed by atoms with Gasteiger partial charge in [0.05, 0.1) is 0 Å². The minimum absolute atomic E-state index is 0.277. The van der Waals surface area contributed by atoms with Gasteiger partial charge in [-0.3, -0.25) is 0 Å². The average Bonchev–Trinajstić information content (AvgIpc) is 2.48. The Balaban J connectivity index is 2.30. The Morgan fingerprint density at radius 3 is 2.48 bits per heavy atom. The van der Waals surface area contributed by atoms with E-state index in [0.717, 1.165) is 22.4 Å². The zero-order valence-electron chi connectivity index (χ0n) is 12.5. The van der Waals surface area contributed by atoms with Crippen LogP contribution in [0.3, 0.4) is 0 Å². The highest BCUT2D eigenvalue weighted by Crippen LogP contribution is 2.30. The molecule has 5 nitrogen and oxygen atoms in total. The molecule has 0 amide bonds. The normalized spacial score (nSPS) is 10.8. The lowest BCUT2D eigenvalue weighted by Crippen LogP contribution is -2.22. The van der Waals surface area contributed by atoms with Gasteiger partial charge in [-0.15, -0.1) is 0 Å². The van der Waals surface area contributed by atoms with E-state index in [1.54, 1.807) is 0 Å². The van der Waals surface area contributed by atoms with Gasteiger partial charge in [-0.05, 0) is 23.6 Å². The molecule has 0 saturated heterocycles. The fourth-order valence-electron chi connectivity index (χ4n) is 2.28. The van der Waals surface area contributed by atoms with Crippen molar-refractivity contribution in [2.75, 3.05) is 17.4 Å². The first-order valence-electron chi connectivity index (χ1n) is 6.80. The van der Waals surface area contributed by atoms with Crippen LogP contribution in [0.5, 0.6) is 0 Å². The van der Waals surface area contributed by atoms with Crippen LogP contribution < -0.4 is 16.2 Å². The molecule has 0 spiro atoms. The van der Waals surface area contributed by atoms with Gasteiger partial charge < -0.3 is 10.3 Å². The third-order valence-electron chi connectivity index (χ3n) is 3.27.